The van der Waals surface area contributed by atoms with Gasteiger partial charge in [-0.15, -0.1) is 24.0 Å². The second-order valence-corrected chi connectivity index (χ2v) is 6.78. The van der Waals surface area contributed by atoms with Crippen LogP contribution in [0.25, 0.3) is 0 Å². The van der Waals surface area contributed by atoms with Crippen molar-refractivity contribution in [2.75, 3.05) is 32.2 Å². The van der Waals surface area contributed by atoms with Gasteiger partial charge in [0.15, 0.2) is 5.96 Å². The monoisotopic (exact) mass is 441 g/mol. The van der Waals surface area contributed by atoms with Crippen LogP contribution in [0.3, 0.4) is 0 Å². The van der Waals surface area contributed by atoms with Gasteiger partial charge >= 0.3 is 0 Å². The molecule has 0 spiro atoms. The van der Waals surface area contributed by atoms with Gasteiger partial charge < -0.3 is 15.4 Å². The number of nitrogens with one attached hydrogen (secondary N) is 2. The Balaban J connectivity index is 0.00000441. The van der Waals surface area contributed by atoms with Gasteiger partial charge in [0.2, 0.25) is 0 Å². The molecule has 0 atom stereocenters. The molecule has 0 aliphatic carbocycles. The van der Waals surface area contributed by atoms with Crippen molar-refractivity contribution in [1.82, 2.24) is 10.6 Å². The summed E-state index contributed by atoms with van der Waals surface area (Å²) in [5.74, 6) is 1.47. The summed E-state index contributed by atoms with van der Waals surface area (Å²) in [5.41, 5.74) is 1.02. The fourth-order valence-corrected chi connectivity index (χ4v) is 2.17. The minimum atomic E-state index is -2.97. The quantitative estimate of drug-likeness (QED) is 0.380. The van der Waals surface area contributed by atoms with Gasteiger partial charge in [-0.3, -0.25) is 4.99 Å². The minimum Gasteiger partial charge on any atom is -0.494 e. The van der Waals surface area contributed by atoms with Crippen molar-refractivity contribution >= 4 is 39.8 Å². The first-order valence-corrected chi connectivity index (χ1v) is 8.85. The highest BCUT2D eigenvalue weighted by Gasteiger charge is 2.05. The van der Waals surface area contributed by atoms with E-state index in [1.165, 1.54) is 6.26 Å². The Hall–Kier alpha value is -1.03. The van der Waals surface area contributed by atoms with Crippen LogP contribution in [0.2, 0.25) is 0 Å². The van der Waals surface area contributed by atoms with Gasteiger partial charge in [0, 0.05) is 32.0 Å². The number of para-hydroxylation sites is 1. The number of hydrogen-bond acceptors (Lipinski definition) is 4. The first-order valence-electron chi connectivity index (χ1n) is 6.79. The van der Waals surface area contributed by atoms with E-state index in [0.717, 1.165) is 11.3 Å². The van der Waals surface area contributed by atoms with E-state index in [9.17, 15) is 8.42 Å². The molecular weight excluding hydrogens is 417 g/mol. The molecule has 0 aliphatic heterocycles. The topological polar surface area (TPSA) is 79.8 Å². The zero-order valence-electron chi connectivity index (χ0n) is 13.1. The molecule has 1 rings (SSSR count). The zero-order chi connectivity index (χ0) is 15.7. The average Bonchev–Trinajstić information content (AvgIpc) is 2.43. The molecule has 1 aromatic rings. The van der Waals surface area contributed by atoms with E-state index in [2.05, 4.69) is 15.6 Å². The molecule has 126 valence electrons. The second kappa shape index (κ2) is 10.7. The molecule has 0 amide bonds. The Morgan fingerprint density at radius 1 is 1.27 bits per heavy atom. The van der Waals surface area contributed by atoms with Crippen LogP contribution in [0.4, 0.5) is 0 Å². The third-order valence-corrected chi connectivity index (χ3v) is 3.65. The van der Waals surface area contributed by atoms with Gasteiger partial charge in [0.05, 0.1) is 12.4 Å². The Labute approximate surface area is 149 Å². The van der Waals surface area contributed by atoms with Crippen LogP contribution in [-0.2, 0) is 16.4 Å². The van der Waals surface area contributed by atoms with Gasteiger partial charge in [0.1, 0.15) is 15.6 Å². The van der Waals surface area contributed by atoms with Crippen molar-refractivity contribution in [3.63, 3.8) is 0 Å². The van der Waals surface area contributed by atoms with Crippen molar-refractivity contribution in [3.05, 3.63) is 29.8 Å². The molecule has 0 heterocycles. The molecule has 0 aromatic heterocycles. The number of rotatable bonds is 7. The Morgan fingerprint density at radius 2 is 1.95 bits per heavy atom. The standard InChI is InChI=1S/C14H23N3O3S.HI/c1-4-20-13-8-6-5-7-12(13)11-17-14(15-2)16-9-10-21(3,18)19;/h5-8H,4,9-11H2,1-3H3,(H2,15,16,17);1H. The summed E-state index contributed by atoms with van der Waals surface area (Å²) in [7, 11) is -1.33. The Kier molecular flexibility index (Phi) is 10.2. The molecule has 6 nitrogen and oxygen atoms in total. The van der Waals surface area contributed by atoms with E-state index >= 15 is 0 Å². The lowest BCUT2D eigenvalue weighted by Gasteiger charge is -2.14. The molecule has 0 unspecified atom stereocenters. The van der Waals surface area contributed by atoms with Crippen molar-refractivity contribution in [1.29, 1.82) is 0 Å². The van der Waals surface area contributed by atoms with Gasteiger partial charge in [0.25, 0.3) is 0 Å². The average molecular weight is 441 g/mol. The lowest BCUT2D eigenvalue weighted by Crippen LogP contribution is -2.39. The maximum Gasteiger partial charge on any atom is 0.191 e. The van der Waals surface area contributed by atoms with Gasteiger partial charge in [-0.2, -0.15) is 0 Å². The molecule has 8 heteroatoms. The first-order chi connectivity index (χ1) is 9.96. The number of hydrogen-bond donors (Lipinski definition) is 2. The number of sulfone groups is 1. The summed E-state index contributed by atoms with van der Waals surface area (Å²) < 4.78 is 27.7. The molecule has 0 radical (unpaired) electrons. The van der Waals surface area contributed by atoms with Gasteiger partial charge in [-0.1, -0.05) is 18.2 Å². The van der Waals surface area contributed by atoms with Crippen molar-refractivity contribution in [2.24, 2.45) is 4.99 Å². The van der Waals surface area contributed by atoms with Crippen LogP contribution in [0.15, 0.2) is 29.3 Å². The number of aliphatic imine (C=N–C) groups is 1. The fraction of sp³-hybridized carbons (Fsp3) is 0.500. The maximum absolute atomic E-state index is 11.1. The Bertz CT molecular complexity index is 576. The number of benzene rings is 1. The third-order valence-electron chi connectivity index (χ3n) is 2.71. The lowest BCUT2D eigenvalue weighted by atomic mass is 10.2. The van der Waals surface area contributed by atoms with E-state index in [0.29, 0.717) is 25.7 Å². The first kappa shape index (κ1) is 21.0. The van der Waals surface area contributed by atoms with Crippen LogP contribution in [0.5, 0.6) is 5.75 Å². The van der Waals surface area contributed by atoms with Gasteiger partial charge in [-0.25, -0.2) is 8.42 Å². The fourth-order valence-electron chi connectivity index (χ4n) is 1.70. The van der Waals surface area contributed by atoms with Crippen molar-refractivity contribution in [2.45, 2.75) is 13.5 Å². The van der Waals surface area contributed by atoms with E-state index in [1.807, 2.05) is 31.2 Å². The number of halogens is 1. The third kappa shape index (κ3) is 8.42. The van der Waals surface area contributed by atoms with Crippen LogP contribution in [-0.4, -0.2) is 46.6 Å². The van der Waals surface area contributed by atoms with Gasteiger partial charge in [-0.05, 0) is 13.0 Å². The second-order valence-electron chi connectivity index (χ2n) is 4.52. The summed E-state index contributed by atoms with van der Waals surface area (Å²) in [5, 5.41) is 6.10. The van der Waals surface area contributed by atoms with E-state index in [4.69, 9.17) is 4.74 Å². The molecule has 0 saturated heterocycles. The maximum atomic E-state index is 11.1. The normalized spacial score (nSPS) is 11.5. The molecule has 1 aromatic carbocycles. The van der Waals surface area contributed by atoms with Crippen molar-refractivity contribution in [3.8, 4) is 5.75 Å². The summed E-state index contributed by atoms with van der Waals surface area (Å²) in [4.78, 5) is 4.06. The molecule has 0 fully saturated rings. The van der Waals surface area contributed by atoms with Crippen molar-refractivity contribution < 1.29 is 13.2 Å². The smallest absolute Gasteiger partial charge is 0.191 e. The number of nitrogens with zero attached hydrogens (tertiary/aromatic N) is 1. The zero-order valence-corrected chi connectivity index (χ0v) is 16.3. The molecular formula is C14H24IN3O3S. The van der Waals surface area contributed by atoms with E-state index in [1.54, 1.807) is 7.05 Å². The highest BCUT2D eigenvalue weighted by Crippen LogP contribution is 2.17. The lowest BCUT2D eigenvalue weighted by molar-refractivity contribution is 0.336. The predicted molar refractivity (Wildman–Crippen MR) is 101 cm³/mol. The molecule has 22 heavy (non-hydrogen) atoms. The summed E-state index contributed by atoms with van der Waals surface area (Å²) >= 11 is 0. The van der Waals surface area contributed by atoms with Crippen LogP contribution in [0, 0.1) is 0 Å². The molecule has 2 N–H and O–H groups in total. The minimum absolute atomic E-state index is 0. The predicted octanol–water partition coefficient (Wildman–Crippen LogP) is 1.41. The van der Waals surface area contributed by atoms with E-state index in [-0.39, 0.29) is 29.7 Å². The number of ether oxygens (including phenoxy) is 1. The van der Waals surface area contributed by atoms with E-state index < -0.39 is 9.84 Å². The SMILES string of the molecule is CCOc1ccccc1CNC(=NC)NCCS(C)(=O)=O.I. The van der Waals surface area contributed by atoms with Crippen LogP contribution >= 0.6 is 24.0 Å². The molecule has 0 aliphatic rings. The molecule has 0 bridgehead atoms. The number of guanidine groups is 1. The van der Waals surface area contributed by atoms with Crippen LogP contribution < -0.4 is 15.4 Å². The summed E-state index contributed by atoms with van der Waals surface area (Å²) in [6.07, 6.45) is 1.21. The Morgan fingerprint density at radius 3 is 2.55 bits per heavy atom. The highest BCUT2D eigenvalue weighted by atomic mass is 127. The molecule has 0 saturated carbocycles. The largest absolute Gasteiger partial charge is 0.494 e. The van der Waals surface area contributed by atoms with Crippen LogP contribution in [0.1, 0.15) is 12.5 Å². The summed E-state index contributed by atoms with van der Waals surface area (Å²) in [6, 6.07) is 7.76. The summed E-state index contributed by atoms with van der Waals surface area (Å²) in [6.45, 7) is 3.43. The highest BCUT2D eigenvalue weighted by molar-refractivity contribution is 14.0.